The van der Waals surface area contributed by atoms with Crippen LogP contribution in [0.25, 0.3) is 6.08 Å². The largest absolute Gasteiger partial charge is 0.465 e. The number of carbonyl (C=O) groups excluding carboxylic acids is 1. The van der Waals surface area contributed by atoms with E-state index in [1.807, 2.05) is 18.2 Å². The number of nitrogens with zero attached hydrogens (tertiary/aromatic N) is 3. The van der Waals surface area contributed by atoms with E-state index in [0.717, 1.165) is 32.0 Å². The van der Waals surface area contributed by atoms with Crippen LogP contribution in [0.5, 0.6) is 0 Å². The van der Waals surface area contributed by atoms with Crippen LogP contribution in [-0.2, 0) is 9.53 Å². The van der Waals surface area contributed by atoms with Crippen molar-refractivity contribution in [2.24, 2.45) is 4.99 Å². The predicted molar refractivity (Wildman–Crippen MR) is 104 cm³/mol. The number of hydrogen-bond donors (Lipinski definition) is 0. The van der Waals surface area contributed by atoms with E-state index in [0.29, 0.717) is 15.8 Å². The van der Waals surface area contributed by atoms with Crippen LogP contribution >= 0.6 is 11.8 Å². The van der Waals surface area contributed by atoms with Gasteiger partial charge in [0, 0.05) is 31.9 Å². The quantitative estimate of drug-likeness (QED) is 0.777. The summed E-state index contributed by atoms with van der Waals surface area (Å²) in [6.45, 7) is 3.33. The molecule has 6 nitrogen and oxygen atoms in total. The number of furan rings is 1. The average Bonchev–Trinajstić information content (AvgIpc) is 3.28. The second-order valence-electron chi connectivity index (χ2n) is 6.00. The molecule has 0 saturated carbocycles. The van der Waals surface area contributed by atoms with Gasteiger partial charge in [-0.15, -0.1) is 0 Å². The molecule has 3 heterocycles. The molecule has 2 fully saturated rings. The zero-order valence-electron chi connectivity index (χ0n) is 14.4. The van der Waals surface area contributed by atoms with Crippen LogP contribution in [0.15, 0.2) is 57.0 Å². The van der Waals surface area contributed by atoms with Gasteiger partial charge < -0.3 is 14.1 Å². The molecule has 4 rings (SSSR count). The molecule has 2 saturated heterocycles. The lowest BCUT2D eigenvalue weighted by Gasteiger charge is -2.28. The van der Waals surface area contributed by atoms with Crippen LogP contribution in [0.1, 0.15) is 5.76 Å². The van der Waals surface area contributed by atoms with Gasteiger partial charge in [0.15, 0.2) is 5.17 Å². The average molecular weight is 369 g/mol. The molecule has 1 aromatic carbocycles. The van der Waals surface area contributed by atoms with E-state index in [1.165, 1.54) is 17.4 Å². The number of hydrogen-bond acceptors (Lipinski definition) is 6. The molecule has 7 heteroatoms. The minimum absolute atomic E-state index is 0.0740. The van der Waals surface area contributed by atoms with E-state index in [4.69, 9.17) is 9.15 Å². The molecule has 0 radical (unpaired) electrons. The van der Waals surface area contributed by atoms with Crippen LogP contribution in [0, 0.1) is 0 Å². The van der Waals surface area contributed by atoms with E-state index in [9.17, 15) is 4.79 Å². The summed E-state index contributed by atoms with van der Waals surface area (Å²) in [5.41, 5.74) is 1.99. The lowest BCUT2D eigenvalue weighted by Crippen LogP contribution is -2.36. The number of amidine groups is 1. The maximum atomic E-state index is 12.4. The van der Waals surface area contributed by atoms with Gasteiger partial charge in [-0.05, 0) is 48.2 Å². The summed E-state index contributed by atoms with van der Waals surface area (Å²) in [6.07, 6.45) is 3.33. The van der Waals surface area contributed by atoms with Gasteiger partial charge in [0.05, 0.1) is 30.1 Å². The first kappa shape index (κ1) is 16.9. The van der Waals surface area contributed by atoms with Crippen molar-refractivity contribution in [2.75, 3.05) is 38.3 Å². The molecule has 2 aliphatic heterocycles. The van der Waals surface area contributed by atoms with Gasteiger partial charge in [-0.25, -0.2) is 4.99 Å². The van der Waals surface area contributed by atoms with E-state index >= 15 is 0 Å². The smallest absolute Gasteiger partial charge is 0.266 e. The molecule has 0 N–H and O–H groups in total. The number of aliphatic imine (C=N–C) groups is 1. The standard InChI is InChI=1S/C19H19N3O3S/c1-21-18(23)17(13-16-3-2-10-25-16)26-19(21)20-14-4-6-15(7-5-14)22-8-11-24-12-9-22/h2-7,10,13H,8-9,11-12H2,1H3. The number of carbonyl (C=O) groups is 1. The Bertz CT molecular complexity index is 837. The number of amides is 1. The Morgan fingerprint density at radius 2 is 1.92 bits per heavy atom. The molecular weight excluding hydrogens is 350 g/mol. The van der Waals surface area contributed by atoms with Crippen molar-refractivity contribution in [3.8, 4) is 0 Å². The highest BCUT2D eigenvalue weighted by molar-refractivity contribution is 8.18. The molecule has 1 aromatic heterocycles. The van der Waals surface area contributed by atoms with Crippen molar-refractivity contribution in [3.05, 3.63) is 53.3 Å². The molecule has 0 spiro atoms. The molecule has 0 unspecified atom stereocenters. The third-order valence-corrected chi connectivity index (χ3v) is 5.33. The second-order valence-corrected chi connectivity index (χ2v) is 7.01. The van der Waals surface area contributed by atoms with Crippen molar-refractivity contribution in [3.63, 3.8) is 0 Å². The lowest BCUT2D eigenvalue weighted by atomic mass is 10.2. The fourth-order valence-electron chi connectivity index (χ4n) is 2.82. The van der Waals surface area contributed by atoms with Gasteiger partial charge in [0.2, 0.25) is 0 Å². The fourth-order valence-corrected chi connectivity index (χ4v) is 3.79. The Morgan fingerprint density at radius 1 is 1.15 bits per heavy atom. The third kappa shape index (κ3) is 3.54. The third-order valence-electron chi connectivity index (χ3n) is 4.27. The zero-order chi connectivity index (χ0) is 17.9. The van der Waals surface area contributed by atoms with Gasteiger partial charge in [-0.2, -0.15) is 0 Å². The fraction of sp³-hybridized carbons (Fsp3) is 0.263. The Kier molecular flexibility index (Phi) is 4.81. The summed E-state index contributed by atoms with van der Waals surface area (Å²) in [6, 6.07) is 11.7. The first-order valence-electron chi connectivity index (χ1n) is 8.43. The molecule has 0 bridgehead atoms. The van der Waals surface area contributed by atoms with E-state index in [1.54, 1.807) is 30.4 Å². The van der Waals surface area contributed by atoms with Crippen molar-refractivity contribution in [1.82, 2.24) is 4.90 Å². The monoisotopic (exact) mass is 369 g/mol. The molecule has 134 valence electrons. The van der Waals surface area contributed by atoms with Crippen LogP contribution in [0.3, 0.4) is 0 Å². The van der Waals surface area contributed by atoms with Gasteiger partial charge >= 0.3 is 0 Å². The van der Waals surface area contributed by atoms with Crippen LogP contribution < -0.4 is 4.90 Å². The number of benzene rings is 1. The molecule has 0 atom stereocenters. The summed E-state index contributed by atoms with van der Waals surface area (Å²) in [7, 11) is 1.74. The molecule has 26 heavy (non-hydrogen) atoms. The normalized spacial score (nSPS) is 21.2. The Morgan fingerprint density at radius 3 is 2.62 bits per heavy atom. The van der Waals surface area contributed by atoms with Crippen molar-refractivity contribution in [1.29, 1.82) is 0 Å². The highest BCUT2D eigenvalue weighted by Crippen LogP contribution is 2.33. The van der Waals surface area contributed by atoms with Crippen molar-refractivity contribution >= 4 is 40.3 Å². The van der Waals surface area contributed by atoms with Gasteiger partial charge in [0.1, 0.15) is 5.76 Å². The Hall–Kier alpha value is -2.51. The molecule has 2 aliphatic rings. The number of thioether (sulfide) groups is 1. The van der Waals surface area contributed by atoms with Crippen molar-refractivity contribution < 1.29 is 13.9 Å². The molecular formula is C19H19N3O3S. The number of likely N-dealkylation sites (N-methyl/N-ethyl adjacent to an activating group) is 1. The zero-order valence-corrected chi connectivity index (χ0v) is 15.2. The summed E-state index contributed by atoms with van der Waals surface area (Å²) in [4.78, 5) is 21.5. The topological polar surface area (TPSA) is 58.3 Å². The molecule has 1 amide bonds. The summed E-state index contributed by atoms with van der Waals surface area (Å²) < 4.78 is 10.7. The molecule has 2 aromatic rings. The molecule has 0 aliphatic carbocycles. The Labute approximate surface area is 156 Å². The number of rotatable bonds is 3. The maximum absolute atomic E-state index is 12.4. The first-order valence-corrected chi connectivity index (χ1v) is 9.25. The predicted octanol–water partition coefficient (Wildman–Crippen LogP) is 3.35. The summed E-state index contributed by atoms with van der Waals surface area (Å²) >= 11 is 1.35. The van der Waals surface area contributed by atoms with Gasteiger partial charge in [-0.3, -0.25) is 9.69 Å². The first-order chi connectivity index (χ1) is 12.7. The highest BCUT2D eigenvalue weighted by Gasteiger charge is 2.30. The lowest BCUT2D eigenvalue weighted by molar-refractivity contribution is -0.121. The van der Waals surface area contributed by atoms with Crippen LogP contribution in [0.4, 0.5) is 11.4 Å². The SMILES string of the molecule is CN1C(=O)C(=Cc2ccco2)SC1=Nc1ccc(N2CCOCC2)cc1. The number of ether oxygens (including phenoxy) is 1. The van der Waals surface area contributed by atoms with Gasteiger partial charge in [0.25, 0.3) is 5.91 Å². The van der Waals surface area contributed by atoms with Crippen LogP contribution in [-0.4, -0.2) is 49.3 Å². The minimum Gasteiger partial charge on any atom is -0.465 e. The summed E-state index contributed by atoms with van der Waals surface area (Å²) in [5.74, 6) is 0.584. The van der Waals surface area contributed by atoms with Crippen LogP contribution in [0.2, 0.25) is 0 Å². The van der Waals surface area contributed by atoms with Gasteiger partial charge in [-0.1, -0.05) is 0 Å². The summed E-state index contributed by atoms with van der Waals surface area (Å²) in [5, 5.41) is 0.659. The van der Waals surface area contributed by atoms with E-state index in [2.05, 4.69) is 22.0 Å². The van der Waals surface area contributed by atoms with E-state index in [-0.39, 0.29) is 5.91 Å². The minimum atomic E-state index is -0.0740. The van der Waals surface area contributed by atoms with E-state index < -0.39 is 0 Å². The second kappa shape index (κ2) is 7.39. The Balaban J connectivity index is 1.51. The van der Waals surface area contributed by atoms with Crippen molar-refractivity contribution in [2.45, 2.75) is 0 Å². The maximum Gasteiger partial charge on any atom is 0.266 e. The number of anilines is 1. The highest BCUT2D eigenvalue weighted by atomic mass is 32.2. The number of morpholine rings is 1.